The summed E-state index contributed by atoms with van der Waals surface area (Å²) in [5.41, 5.74) is 3.97. The van der Waals surface area contributed by atoms with Gasteiger partial charge in [0.15, 0.2) is 17.4 Å². The normalized spacial score (nSPS) is 18.2. The van der Waals surface area contributed by atoms with Crippen LogP contribution in [0.2, 0.25) is 0 Å². The van der Waals surface area contributed by atoms with Gasteiger partial charge in [-0.05, 0) is 70.6 Å². The molecule has 8 rings (SSSR count). The molecule has 376 valence electrons. The van der Waals surface area contributed by atoms with Crippen molar-refractivity contribution in [3.63, 3.8) is 0 Å². The van der Waals surface area contributed by atoms with Crippen molar-refractivity contribution in [2.24, 2.45) is 4.99 Å². The summed E-state index contributed by atoms with van der Waals surface area (Å²) in [7, 11) is 0. The third kappa shape index (κ3) is 13.4. The van der Waals surface area contributed by atoms with Crippen molar-refractivity contribution in [3.8, 4) is 47.4 Å². The average Bonchev–Trinajstić information content (AvgIpc) is 3.95. The molecular formula is C58H53N5O11. The topological polar surface area (TPSA) is 191 Å². The number of nitrogens with one attached hydrogen (secondary N) is 2. The highest BCUT2D eigenvalue weighted by molar-refractivity contribution is 6.06. The Morgan fingerprint density at radius 3 is 2.16 bits per heavy atom. The average molecular weight is 996 g/mol. The van der Waals surface area contributed by atoms with Crippen LogP contribution in [-0.4, -0.2) is 129 Å². The summed E-state index contributed by atoms with van der Waals surface area (Å²) < 4.78 is 28.5. The van der Waals surface area contributed by atoms with E-state index < -0.39 is 23.6 Å². The van der Waals surface area contributed by atoms with E-state index >= 15 is 0 Å². The molecule has 0 radical (unpaired) electrons. The standard InChI is InChI=1S/C58H53N5O11/c64-46(36-44-23-17-25-48-49(44)39-63(56(48)68)50-26-27-51(65)60-54(50)67)41-73-32-16-4-3-14-30-70-29-13-1-2-15-31-71-34-35-72-33-28-59-52(66)40-62-38-45-22-11-12-24-47(45)53-58(57(62)69,37-42-18-7-5-8-19-42)61-55(74-53)43-20-9-6-10-21-43/h5-12,17-25,50,53H,26-41H2,(H,59,66)(H,60,65,67)/t50?,53-,58-/m0/s1. The molecule has 5 amide bonds. The molecule has 0 spiro atoms. The molecular weight excluding hydrogens is 943 g/mol. The van der Waals surface area contributed by atoms with Gasteiger partial charge in [-0.25, -0.2) is 4.99 Å². The smallest absolute Gasteiger partial charge is 0.256 e. The number of aliphatic imine (C=N–C) groups is 1. The Kier molecular flexibility index (Phi) is 18.2. The molecule has 0 aliphatic carbocycles. The molecule has 16 heteroatoms. The van der Waals surface area contributed by atoms with Crippen LogP contribution in [0, 0.1) is 47.4 Å². The first-order valence-corrected chi connectivity index (χ1v) is 24.2. The van der Waals surface area contributed by atoms with E-state index in [-0.39, 0.29) is 114 Å². The largest absolute Gasteiger partial charge is 0.466 e. The Bertz CT molecular complexity index is 3040. The SMILES string of the molecule is O=C(COCC#CC#CCOCC#CC#CCOCCOCCNC(=O)CN1Cc2ccccc2[C@@H]2OC(c3ccccc3)=N[C@]2(Cc2ccccc2)C1=O)Cc1cccc2c1CN(C1CCC(=O)NC1=O)C2=O. The lowest BCUT2D eigenvalue weighted by molar-refractivity contribution is -0.143. The van der Waals surface area contributed by atoms with Crippen LogP contribution in [0.4, 0.5) is 0 Å². The number of fused-ring (bicyclic) bond motifs is 4. The second-order valence-corrected chi connectivity index (χ2v) is 17.5. The van der Waals surface area contributed by atoms with E-state index in [1.807, 2.05) is 84.9 Å². The predicted octanol–water partition coefficient (Wildman–Crippen LogP) is 3.30. The zero-order valence-electron chi connectivity index (χ0n) is 40.6. The molecule has 0 aromatic heterocycles. The third-order valence-electron chi connectivity index (χ3n) is 12.4. The molecule has 3 atom stereocenters. The first-order chi connectivity index (χ1) is 36.2. The van der Waals surface area contributed by atoms with E-state index in [9.17, 15) is 28.8 Å². The van der Waals surface area contributed by atoms with Crippen molar-refractivity contribution < 1.29 is 52.5 Å². The number of benzene rings is 4. The quantitative estimate of drug-likeness (QED) is 0.0751. The molecule has 1 saturated heterocycles. The molecule has 74 heavy (non-hydrogen) atoms. The van der Waals surface area contributed by atoms with Crippen LogP contribution >= 0.6 is 0 Å². The van der Waals surface area contributed by atoms with Gasteiger partial charge in [0.25, 0.3) is 11.8 Å². The van der Waals surface area contributed by atoms with E-state index in [0.717, 1.165) is 22.3 Å². The van der Waals surface area contributed by atoms with Gasteiger partial charge in [0.1, 0.15) is 39.1 Å². The highest BCUT2D eigenvalue weighted by atomic mass is 16.5. The minimum atomic E-state index is -1.33. The van der Waals surface area contributed by atoms with Gasteiger partial charge in [-0.2, -0.15) is 0 Å². The Hall–Kier alpha value is -8.35. The van der Waals surface area contributed by atoms with E-state index in [4.69, 9.17) is 28.7 Å². The summed E-state index contributed by atoms with van der Waals surface area (Å²) >= 11 is 0. The number of imide groups is 1. The van der Waals surface area contributed by atoms with Gasteiger partial charge >= 0.3 is 0 Å². The van der Waals surface area contributed by atoms with Gasteiger partial charge < -0.3 is 38.8 Å². The van der Waals surface area contributed by atoms with Gasteiger partial charge in [0, 0.05) is 55.6 Å². The maximum Gasteiger partial charge on any atom is 0.256 e. The molecule has 4 aliphatic heterocycles. The molecule has 4 aromatic carbocycles. The minimum Gasteiger partial charge on any atom is -0.466 e. The lowest BCUT2D eigenvalue weighted by atomic mass is 9.81. The number of Topliss-reactive ketones (excluding diaryl/α,β-unsaturated/α-hetero) is 1. The van der Waals surface area contributed by atoms with Crippen molar-refractivity contribution in [2.75, 3.05) is 65.9 Å². The van der Waals surface area contributed by atoms with Gasteiger partial charge in [-0.15, -0.1) is 0 Å². The highest BCUT2D eigenvalue weighted by Gasteiger charge is 2.57. The van der Waals surface area contributed by atoms with Crippen LogP contribution < -0.4 is 10.6 Å². The van der Waals surface area contributed by atoms with Crippen molar-refractivity contribution >= 4 is 41.2 Å². The molecule has 4 aliphatic rings. The van der Waals surface area contributed by atoms with Crippen molar-refractivity contribution in [1.29, 1.82) is 0 Å². The molecule has 16 nitrogen and oxygen atoms in total. The first kappa shape index (κ1) is 52.0. The van der Waals surface area contributed by atoms with Gasteiger partial charge in [0.05, 0.1) is 26.4 Å². The van der Waals surface area contributed by atoms with Crippen LogP contribution in [-0.2, 0) is 73.6 Å². The second kappa shape index (κ2) is 25.9. The van der Waals surface area contributed by atoms with E-state index in [2.05, 4.69) is 58.0 Å². The van der Waals surface area contributed by atoms with Crippen molar-refractivity contribution in [3.05, 3.63) is 142 Å². The maximum atomic E-state index is 14.8. The summed E-state index contributed by atoms with van der Waals surface area (Å²) in [6.07, 6.45) is 0.0892. The number of nitrogens with zero attached hydrogens (tertiary/aromatic N) is 3. The van der Waals surface area contributed by atoms with Crippen LogP contribution in [0.1, 0.15) is 62.7 Å². The lowest BCUT2D eigenvalue weighted by Gasteiger charge is -2.32. The number of ketones is 1. The van der Waals surface area contributed by atoms with Crippen LogP contribution in [0.5, 0.6) is 0 Å². The Balaban J connectivity index is 0.671. The summed E-state index contributed by atoms with van der Waals surface area (Å²) in [5.74, 6) is 20.2. The number of piperidine rings is 1. The van der Waals surface area contributed by atoms with Crippen LogP contribution in [0.3, 0.4) is 0 Å². The summed E-state index contributed by atoms with van der Waals surface area (Å²) in [6, 6.07) is 31.5. The minimum absolute atomic E-state index is 0.000160. The zero-order valence-corrected chi connectivity index (χ0v) is 40.6. The summed E-state index contributed by atoms with van der Waals surface area (Å²) in [5, 5.41) is 5.16. The second-order valence-electron chi connectivity index (χ2n) is 17.5. The number of hydrogen-bond donors (Lipinski definition) is 2. The molecule has 4 heterocycles. The molecule has 1 fully saturated rings. The monoisotopic (exact) mass is 995 g/mol. The van der Waals surface area contributed by atoms with Crippen molar-refractivity contribution in [1.82, 2.24) is 20.4 Å². The Morgan fingerprint density at radius 2 is 1.42 bits per heavy atom. The summed E-state index contributed by atoms with van der Waals surface area (Å²) in [4.78, 5) is 85.8. The molecule has 4 aromatic rings. The first-order valence-electron chi connectivity index (χ1n) is 24.2. The van der Waals surface area contributed by atoms with Crippen molar-refractivity contribution in [2.45, 2.75) is 56.5 Å². The van der Waals surface area contributed by atoms with Gasteiger partial charge in [0.2, 0.25) is 23.6 Å². The fourth-order valence-corrected chi connectivity index (χ4v) is 9.00. The van der Waals surface area contributed by atoms with E-state index in [1.165, 1.54) is 4.90 Å². The molecule has 0 bridgehead atoms. The van der Waals surface area contributed by atoms with Gasteiger partial charge in [-0.1, -0.05) is 109 Å². The number of ether oxygens (including phenoxy) is 5. The molecule has 1 unspecified atom stereocenters. The highest BCUT2D eigenvalue weighted by Crippen LogP contribution is 2.46. The lowest BCUT2D eigenvalue weighted by Crippen LogP contribution is -2.52. The predicted molar refractivity (Wildman–Crippen MR) is 270 cm³/mol. The van der Waals surface area contributed by atoms with Crippen LogP contribution in [0.25, 0.3) is 0 Å². The number of carbonyl (C=O) groups is 6. The van der Waals surface area contributed by atoms with Crippen LogP contribution in [0.15, 0.2) is 108 Å². The molecule has 0 saturated carbocycles. The number of amides is 5. The number of rotatable bonds is 20. The maximum absolute atomic E-state index is 14.8. The Labute approximate surface area is 429 Å². The Morgan fingerprint density at radius 1 is 0.743 bits per heavy atom. The fraction of sp³-hybridized carbons (Fsp3) is 0.328. The third-order valence-corrected chi connectivity index (χ3v) is 12.4. The number of hydrogen-bond acceptors (Lipinski definition) is 12. The zero-order chi connectivity index (χ0) is 51.5. The fourth-order valence-electron chi connectivity index (χ4n) is 9.00. The van der Waals surface area contributed by atoms with E-state index in [1.54, 1.807) is 23.1 Å². The molecule has 2 N–H and O–H groups in total. The van der Waals surface area contributed by atoms with Gasteiger partial charge in [-0.3, -0.25) is 34.1 Å². The number of carbonyl (C=O) groups excluding carboxylic acids is 6. The summed E-state index contributed by atoms with van der Waals surface area (Å²) in [6.45, 7) is 1.55. The van der Waals surface area contributed by atoms with E-state index in [0.29, 0.717) is 42.2 Å².